The van der Waals surface area contributed by atoms with E-state index < -0.39 is 5.60 Å². The van der Waals surface area contributed by atoms with Crippen molar-refractivity contribution in [3.8, 4) is 0 Å². The molecule has 1 heterocycles. The molecule has 4 heteroatoms. The number of halogens is 2. The Bertz CT molecular complexity index is 236. The zero-order valence-corrected chi connectivity index (χ0v) is 11.8. The summed E-state index contributed by atoms with van der Waals surface area (Å²) in [6.07, 6.45) is 2.37. The molecule has 0 aromatic carbocycles. The number of aliphatic hydroxyl groups is 1. The minimum atomic E-state index is -0.913. The fourth-order valence-corrected chi connectivity index (χ4v) is 2.54. The van der Waals surface area contributed by atoms with Gasteiger partial charge in [-0.05, 0) is 38.3 Å². The van der Waals surface area contributed by atoms with Crippen molar-refractivity contribution in [3.05, 3.63) is 11.1 Å². The van der Waals surface area contributed by atoms with Crippen molar-refractivity contribution < 1.29 is 9.84 Å². The summed E-state index contributed by atoms with van der Waals surface area (Å²) in [5.41, 5.74) is -1.13. The third kappa shape index (κ3) is 2.60. The van der Waals surface area contributed by atoms with Crippen molar-refractivity contribution in [2.75, 3.05) is 0 Å². The van der Waals surface area contributed by atoms with E-state index in [0.29, 0.717) is 0 Å². The van der Waals surface area contributed by atoms with Gasteiger partial charge in [0.05, 0.1) is 11.7 Å². The first-order valence-corrected chi connectivity index (χ1v) is 6.45. The fourth-order valence-electron chi connectivity index (χ4n) is 1.55. The summed E-state index contributed by atoms with van der Waals surface area (Å²) in [4.78, 5) is 1.96. The van der Waals surface area contributed by atoms with Crippen LogP contribution in [0.15, 0.2) is 11.1 Å². The Hall–Kier alpha value is 0.620. The van der Waals surface area contributed by atoms with E-state index in [4.69, 9.17) is 4.74 Å². The Kier molecular flexibility index (Phi) is 3.84. The van der Waals surface area contributed by atoms with E-state index >= 15 is 0 Å². The highest BCUT2D eigenvalue weighted by molar-refractivity contribution is 9.11. The first-order chi connectivity index (χ1) is 6.29. The van der Waals surface area contributed by atoms with Crippen LogP contribution < -0.4 is 0 Å². The monoisotopic (exact) mass is 326 g/mol. The Balaban J connectivity index is 2.75. The normalized spacial score (nSPS) is 36.1. The Morgan fingerprint density at radius 2 is 2.14 bits per heavy atom. The molecule has 0 aromatic heterocycles. The minimum Gasteiger partial charge on any atom is -0.383 e. The second kappa shape index (κ2) is 4.24. The zero-order chi connectivity index (χ0) is 11.0. The maximum atomic E-state index is 10.1. The zero-order valence-electron chi connectivity index (χ0n) is 8.63. The van der Waals surface area contributed by atoms with E-state index in [9.17, 15) is 5.11 Å². The molecule has 0 aliphatic carbocycles. The lowest BCUT2D eigenvalue weighted by Crippen LogP contribution is -2.38. The van der Waals surface area contributed by atoms with Gasteiger partial charge in [0.1, 0.15) is 5.60 Å². The van der Waals surface area contributed by atoms with Gasteiger partial charge in [-0.2, -0.15) is 0 Å². The van der Waals surface area contributed by atoms with Gasteiger partial charge >= 0.3 is 0 Å². The number of rotatable bonds is 2. The molecule has 82 valence electrons. The summed E-state index contributed by atoms with van der Waals surface area (Å²) in [7, 11) is 0. The predicted octanol–water partition coefficient (Wildman–Crippen LogP) is 2.98. The first kappa shape index (κ1) is 12.7. The summed E-state index contributed by atoms with van der Waals surface area (Å²) in [5.74, 6) is 0. The molecular weight excluding hydrogens is 312 g/mol. The molecule has 1 aliphatic rings. The van der Waals surface area contributed by atoms with Crippen LogP contribution in [0.5, 0.6) is 0 Å². The molecule has 0 bridgehead atoms. The van der Waals surface area contributed by atoms with Gasteiger partial charge in [0, 0.05) is 4.83 Å². The lowest BCUT2D eigenvalue weighted by atomic mass is 9.96. The van der Waals surface area contributed by atoms with E-state index in [2.05, 4.69) is 31.9 Å². The van der Waals surface area contributed by atoms with Crippen LogP contribution in [0.3, 0.4) is 0 Å². The van der Waals surface area contributed by atoms with Gasteiger partial charge < -0.3 is 9.84 Å². The van der Waals surface area contributed by atoms with E-state index in [-0.39, 0.29) is 16.5 Å². The fraction of sp³-hybridized carbons (Fsp3) is 0.800. The quantitative estimate of drug-likeness (QED) is 0.790. The van der Waals surface area contributed by atoms with Crippen LogP contribution in [0.4, 0.5) is 0 Å². The van der Waals surface area contributed by atoms with Crippen molar-refractivity contribution in [2.45, 2.75) is 49.3 Å². The SMILES string of the molecule is CC1(C)O[C@@H]([C@](C)(O)/C=C/Br)C[C@H]1Br. The molecule has 0 radical (unpaired) electrons. The molecule has 1 rings (SSSR count). The Morgan fingerprint density at radius 1 is 1.57 bits per heavy atom. The average Bonchev–Trinajstić information content (AvgIpc) is 2.27. The highest BCUT2D eigenvalue weighted by Crippen LogP contribution is 2.39. The molecule has 0 spiro atoms. The molecule has 0 amide bonds. The number of alkyl halides is 1. The summed E-state index contributed by atoms with van der Waals surface area (Å²) in [6, 6.07) is 0. The molecule has 3 atom stereocenters. The van der Waals surface area contributed by atoms with Crippen molar-refractivity contribution in [2.24, 2.45) is 0 Å². The third-order valence-corrected chi connectivity index (χ3v) is 4.41. The van der Waals surface area contributed by atoms with Crippen molar-refractivity contribution in [1.82, 2.24) is 0 Å². The van der Waals surface area contributed by atoms with E-state index in [1.165, 1.54) is 0 Å². The van der Waals surface area contributed by atoms with Gasteiger partial charge in [-0.3, -0.25) is 0 Å². The number of hydrogen-bond acceptors (Lipinski definition) is 2. The third-order valence-electron chi connectivity index (χ3n) is 2.67. The highest BCUT2D eigenvalue weighted by atomic mass is 79.9. The van der Waals surface area contributed by atoms with Gasteiger partial charge in [0.25, 0.3) is 0 Å². The van der Waals surface area contributed by atoms with Crippen molar-refractivity contribution in [3.63, 3.8) is 0 Å². The van der Waals surface area contributed by atoms with E-state index in [1.807, 2.05) is 13.8 Å². The molecule has 14 heavy (non-hydrogen) atoms. The minimum absolute atomic E-state index is 0.157. The largest absolute Gasteiger partial charge is 0.383 e. The molecule has 1 N–H and O–H groups in total. The molecule has 2 nitrogen and oxygen atoms in total. The second-order valence-corrected chi connectivity index (χ2v) is 6.07. The summed E-state index contributed by atoms with van der Waals surface area (Å²) in [6.45, 7) is 5.82. The standard InChI is InChI=1S/C10H16Br2O2/c1-9(2)7(12)6-8(14-9)10(3,13)4-5-11/h4-5,7-8,13H,6H2,1-3H3/b5-4+/t7-,8-,10-/m1/s1. The average molecular weight is 328 g/mol. The molecule has 0 aromatic rings. The van der Waals surface area contributed by atoms with Crippen LogP contribution in [-0.2, 0) is 4.74 Å². The molecule has 0 unspecified atom stereocenters. The van der Waals surface area contributed by atoms with Crippen LogP contribution in [0.2, 0.25) is 0 Å². The molecule has 0 saturated carbocycles. The molecule has 1 saturated heterocycles. The molecule has 1 aliphatic heterocycles. The number of hydrogen-bond donors (Lipinski definition) is 1. The molecular formula is C10H16Br2O2. The van der Waals surface area contributed by atoms with Crippen LogP contribution in [0.1, 0.15) is 27.2 Å². The summed E-state index contributed by atoms with van der Waals surface area (Å²) in [5, 5.41) is 10.1. The van der Waals surface area contributed by atoms with Crippen molar-refractivity contribution >= 4 is 31.9 Å². The van der Waals surface area contributed by atoms with Crippen LogP contribution in [-0.4, -0.2) is 27.2 Å². The van der Waals surface area contributed by atoms with Crippen LogP contribution >= 0.6 is 31.9 Å². The van der Waals surface area contributed by atoms with Crippen molar-refractivity contribution in [1.29, 1.82) is 0 Å². The highest BCUT2D eigenvalue weighted by Gasteiger charge is 2.46. The topological polar surface area (TPSA) is 29.5 Å². The predicted molar refractivity (Wildman–Crippen MR) is 65.0 cm³/mol. The number of ether oxygens (including phenoxy) is 1. The van der Waals surface area contributed by atoms with Gasteiger partial charge in [0.15, 0.2) is 0 Å². The van der Waals surface area contributed by atoms with E-state index in [0.717, 1.165) is 6.42 Å². The molecule has 1 fully saturated rings. The smallest absolute Gasteiger partial charge is 0.107 e. The Labute approximate surface area is 102 Å². The van der Waals surface area contributed by atoms with Gasteiger partial charge in [0.2, 0.25) is 0 Å². The first-order valence-electron chi connectivity index (χ1n) is 4.62. The lowest BCUT2D eigenvalue weighted by Gasteiger charge is -2.28. The van der Waals surface area contributed by atoms with Gasteiger partial charge in [-0.15, -0.1) is 0 Å². The van der Waals surface area contributed by atoms with Crippen LogP contribution in [0.25, 0.3) is 0 Å². The van der Waals surface area contributed by atoms with Crippen LogP contribution in [0, 0.1) is 0 Å². The van der Waals surface area contributed by atoms with Gasteiger partial charge in [-0.25, -0.2) is 0 Å². The summed E-state index contributed by atoms with van der Waals surface area (Å²) < 4.78 is 5.81. The van der Waals surface area contributed by atoms with Gasteiger partial charge in [-0.1, -0.05) is 31.9 Å². The second-order valence-electron chi connectivity index (χ2n) is 4.43. The Morgan fingerprint density at radius 3 is 2.50 bits per heavy atom. The maximum Gasteiger partial charge on any atom is 0.107 e. The lowest BCUT2D eigenvalue weighted by molar-refractivity contribution is -0.0951. The van der Waals surface area contributed by atoms with E-state index in [1.54, 1.807) is 18.0 Å². The maximum absolute atomic E-state index is 10.1. The summed E-state index contributed by atoms with van der Waals surface area (Å²) >= 11 is 6.74.